The van der Waals surface area contributed by atoms with E-state index < -0.39 is 10.0 Å². The summed E-state index contributed by atoms with van der Waals surface area (Å²) in [7, 11) is -3.35. The van der Waals surface area contributed by atoms with Gasteiger partial charge in [-0.3, -0.25) is 4.79 Å². The second-order valence-electron chi connectivity index (χ2n) is 6.37. The van der Waals surface area contributed by atoms with Crippen molar-refractivity contribution in [1.82, 2.24) is 9.62 Å². The van der Waals surface area contributed by atoms with Gasteiger partial charge in [0.05, 0.1) is 24.4 Å². The number of hydrogen-bond donors (Lipinski definition) is 1. The molecule has 0 saturated carbocycles. The third kappa shape index (κ3) is 3.57. The van der Waals surface area contributed by atoms with Crippen LogP contribution < -0.4 is 4.72 Å². The Labute approximate surface area is 136 Å². The molecule has 2 saturated heterocycles. The van der Waals surface area contributed by atoms with E-state index in [1.54, 1.807) is 4.90 Å². The lowest BCUT2D eigenvalue weighted by atomic mass is 10.0. The molecule has 0 aliphatic carbocycles. The summed E-state index contributed by atoms with van der Waals surface area (Å²) in [5.74, 6) is -0.0664. The zero-order chi connectivity index (χ0) is 16.6. The summed E-state index contributed by atoms with van der Waals surface area (Å²) in [6.45, 7) is 2.92. The van der Waals surface area contributed by atoms with Gasteiger partial charge in [0.15, 0.2) is 0 Å². The molecular formula is C16H22N2O4S. The summed E-state index contributed by atoms with van der Waals surface area (Å²) < 4.78 is 31.5. The fraction of sp³-hybridized carbons (Fsp3) is 0.562. The minimum atomic E-state index is -3.35. The van der Waals surface area contributed by atoms with Gasteiger partial charge in [-0.05, 0) is 31.9 Å². The number of hydrogen-bond acceptors (Lipinski definition) is 4. The standard InChI is InChI=1S/C16H22N2O4S/c1-11-5-7-12(8-6-11)16(19)18-10-13(17-23(2,20)21)15-14(18)4-3-9-22-15/h5-8,13-15,17H,3-4,9-10H2,1-2H3/t13-,14-,15-/m1/s1. The largest absolute Gasteiger partial charge is 0.374 e. The van der Waals surface area contributed by atoms with Crippen LogP contribution in [-0.2, 0) is 14.8 Å². The Morgan fingerprint density at radius 1 is 1.30 bits per heavy atom. The normalized spacial score (nSPS) is 27.7. The Bertz CT molecular complexity index is 687. The van der Waals surface area contributed by atoms with E-state index in [1.807, 2.05) is 31.2 Å². The molecule has 0 unspecified atom stereocenters. The number of carbonyl (C=O) groups excluding carboxylic acids is 1. The molecule has 1 aromatic rings. The molecule has 7 heteroatoms. The number of nitrogens with one attached hydrogen (secondary N) is 1. The van der Waals surface area contributed by atoms with E-state index in [2.05, 4.69) is 4.72 Å². The number of aryl methyl sites for hydroxylation is 1. The summed E-state index contributed by atoms with van der Waals surface area (Å²) in [4.78, 5) is 14.6. The van der Waals surface area contributed by atoms with Crippen molar-refractivity contribution in [2.45, 2.75) is 38.0 Å². The predicted octanol–water partition coefficient (Wildman–Crippen LogP) is 0.916. The zero-order valence-corrected chi connectivity index (χ0v) is 14.2. The number of benzene rings is 1. The van der Waals surface area contributed by atoms with E-state index in [9.17, 15) is 13.2 Å². The number of fused-ring (bicyclic) bond motifs is 1. The van der Waals surface area contributed by atoms with E-state index in [1.165, 1.54) is 0 Å². The summed E-state index contributed by atoms with van der Waals surface area (Å²) in [5.41, 5.74) is 1.72. The smallest absolute Gasteiger partial charge is 0.254 e. The molecule has 3 atom stereocenters. The van der Waals surface area contributed by atoms with Gasteiger partial charge in [0, 0.05) is 18.7 Å². The highest BCUT2D eigenvalue weighted by atomic mass is 32.2. The highest BCUT2D eigenvalue weighted by Crippen LogP contribution is 2.30. The van der Waals surface area contributed by atoms with Crippen LogP contribution in [0, 0.1) is 6.92 Å². The van der Waals surface area contributed by atoms with Gasteiger partial charge < -0.3 is 9.64 Å². The van der Waals surface area contributed by atoms with Crippen LogP contribution in [0.1, 0.15) is 28.8 Å². The molecule has 1 amide bonds. The van der Waals surface area contributed by atoms with Crippen molar-refractivity contribution in [2.75, 3.05) is 19.4 Å². The number of rotatable bonds is 3. The van der Waals surface area contributed by atoms with Gasteiger partial charge in [-0.25, -0.2) is 13.1 Å². The van der Waals surface area contributed by atoms with Gasteiger partial charge in [-0.15, -0.1) is 0 Å². The summed E-state index contributed by atoms with van der Waals surface area (Å²) in [5, 5.41) is 0. The van der Waals surface area contributed by atoms with Crippen LogP contribution in [-0.4, -0.2) is 56.8 Å². The highest BCUT2D eigenvalue weighted by Gasteiger charge is 2.46. The minimum absolute atomic E-state index is 0.0664. The van der Waals surface area contributed by atoms with Crippen molar-refractivity contribution < 1.29 is 17.9 Å². The molecule has 3 rings (SSSR count). The number of sulfonamides is 1. The lowest BCUT2D eigenvalue weighted by molar-refractivity contribution is -0.0156. The second kappa shape index (κ2) is 6.22. The summed E-state index contributed by atoms with van der Waals surface area (Å²) in [6, 6.07) is 6.98. The second-order valence-corrected chi connectivity index (χ2v) is 8.15. The molecule has 2 aliphatic heterocycles. The lowest BCUT2D eigenvalue weighted by Gasteiger charge is -2.32. The Hall–Kier alpha value is -1.44. The van der Waals surface area contributed by atoms with Crippen LogP contribution in [0.25, 0.3) is 0 Å². The molecule has 126 valence electrons. The van der Waals surface area contributed by atoms with Crippen LogP contribution >= 0.6 is 0 Å². The first kappa shape index (κ1) is 16.4. The molecule has 0 radical (unpaired) electrons. The fourth-order valence-corrected chi connectivity index (χ4v) is 4.19. The fourth-order valence-electron chi connectivity index (χ4n) is 3.43. The summed E-state index contributed by atoms with van der Waals surface area (Å²) >= 11 is 0. The van der Waals surface area contributed by atoms with Crippen LogP contribution in [0.2, 0.25) is 0 Å². The Balaban J connectivity index is 1.83. The van der Waals surface area contributed by atoms with Crippen LogP contribution in [0.3, 0.4) is 0 Å². The highest BCUT2D eigenvalue weighted by molar-refractivity contribution is 7.88. The Kier molecular flexibility index (Phi) is 4.44. The first-order valence-electron chi connectivity index (χ1n) is 7.82. The monoisotopic (exact) mass is 338 g/mol. The topological polar surface area (TPSA) is 75.7 Å². The minimum Gasteiger partial charge on any atom is -0.374 e. The van der Waals surface area contributed by atoms with Crippen molar-refractivity contribution in [2.24, 2.45) is 0 Å². The number of likely N-dealkylation sites (tertiary alicyclic amines) is 1. The van der Waals surface area contributed by atoms with Crippen molar-refractivity contribution in [1.29, 1.82) is 0 Å². The van der Waals surface area contributed by atoms with E-state index in [0.29, 0.717) is 18.7 Å². The first-order valence-corrected chi connectivity index (χ1v) is 9.71. The molecule has 1 N–H and O–H groups in total. The van der Waals surface area contributed by atoms with E-state index >= 15 is 0 Å². The van der Waals surface area contributed by atoms with Gasteiger partial charge >= 0.3 is 0 Å². The molecular weight excluding hydrogens is 316 g/mol. The maximum Gasteiger partial charge on any atom is 0.254 e. The third-order valence-corrected chi connectivity index (χ3v) is 5.18. The van der Waals surface area contributed by atoms with E-state index in [-0.39, 0.29) is 24.1 Å². The van der Waals surface area contributed by atoms with Gasteiger partial charge in [-0.2, -0.15) is 0 Å². The van der Waals surface area contributed by atoms with E-state index in [4.69, 9.17) is 4.74 Å². The quantitative estimate of drug-likeness (QED) is 0.889. The number of amides is 1. The number of carbonyl (C=O) groups is 1. The van der Waals surface area contributed by atoms with Crippen LogP contribution in [0.4, 0.5) is 0 Å². The Morgan fingerprint density at radius 3 is 2.65 bits per heavy atom. The predicted molar refractivity (Wildman–Crippen MR) is 86.7 cm³/mol. The molecule has 2 aliphatic rings. The van der Waals surface area contributed by atoms with E-state index in [0.717, 1.165) is 24.7 Å². The van der Waals surface area contributed by atoms with Gasteiger partial charge in [-0.1, -0.05) is 17.7 Å². The molecule has 0 aromatic heterocycles. The molecule has 2 heterocycles. The zero-order valence-electron chi connectivity index (χ0n) is 13.4. The maximum atomic E-state index is 12.8. The first-order chi connectivity index (χ1) is 10.8. The Morgan fingerprint density at radius 2 is 2.00 bits per heavy atom. The van der Waals surface area contributed by atoms with Gasteiger partial charge in [0.2, 0.25) is 10.0 Å². The lowest BCUT2D eigenvalue weighted by Crippen LogP contribution is -2.47. The molecule has 23 heavy (non-hydrogen) atoms. The van der Waals surface area contributed by atoms with Crippen molar-refractivity contribution in [3.05, 3.63) is 35.4 Å². The number of nitrogens with zero attached hydrogens (tertiary/aromatic N) is 1. The maximum absolute atomic E-state index is 12.8. The molecule has 0 spiro atoms. The van der Waals surface area contributed by atoms with Crippen molar-refractivity contribution in [3.63, 3.8) is 0 Å². The number of ether oxygens (including phenoxy) is 1. The average Bonchev–Trinajstić information content (AvgIpc) is 2.84. The molecule has 2 fully saturated rings. The average molecular weight is 338 g/mol. The van der Waals surface area contributed by atoms with Crippen molar-refractivity contribution >= 4 is 15.9 Å². The SMILES string of the molecule is Cc1ccc(C(=O)N2C[C@@H](NS(C)(=O)=O)[C@H]3OCCC[C@H]32)cc1. The van der Waals surface area contributed by atoms with Gasteiger partial charge in [0.25, 0.3) is 5.91 Å². The third-order valence-electron chi connectivity index (χ3n) is 4.45. The molecule has 6 nitrogen and oxygen atoms in total. The summed E-state index contributed by atoms with van der Waals surface area (Å²) in [6.07, 6.45) is 2.58. The molecule has 0 bridgehead atoms. The van der Waals surface area contributed by atoms with Gasteiger partial charge in [0.1, 0.15) is 0 Å². The van der Waals surface area contributed by atoms with Crippen molar-refractivity contribution in [3.8, 4) is 0 Å². The van der Waals surface area contributed by atoms with Crippen LogP contribution in [0.5, 0.6) is 0 Å². The van der Waals surface area contributed by atoms with Crippen LogP contribution in [0.15, 0.2) is 24.3 Å². The molecule has 1 aromatic carbocycles.